The molecule has 3 nitrogen and oxygen atoms in total. The molecule has 0 spiro atoms. The van der Waals surface area contributed by atoms with Crippen LogP contribution in [-0.2, 0) is 0 Å². The maximum Gasteiger partial charge on any atom is 0.0569 e. The fraction of sp³-hybridized carbons (Fsp3) is 0.750. The molecule has 1 aromatic heterocycles. The zero-order valence-corrected chi connectivity index (χ0v) is 9.56. The van der Waals surface area contributed by atoms with E-state index in [-0.39, 0.29) is 0 Å². The fourth-order valence-electron chi connectivity index (χ4n) is 2.41. The highest BCUT2D eigenvalue weighted by Gasteiger charge is 2.28. The van der Waals surface area contributed by atoms with Crippen LogP contribution in [0.25, 0.3) is 0 Å². The summed E-state index contributed by atoms with van der Waals surface area (Å²) in [5.74, 6) is 0.942. The second-order valence-corrected chi connectivity index (χ2v) is 4.85. The molecule has 2 atom stereocenters. The number of rotatable bonds is 3. The molecule has 1 aromatic rings. The molecule has 0 radical (unpaired) electrons. The molecule has 1 N–H and O–H groups in total. The van der Waals surface area contributed by atoms with E-state index >= 15 is 0 Å². The van der Waals surface area contributed by atoms with Gasteiger partial charge < -0.3 is 5.11 Å². The van der Waals surface area contributed by atoms with Gasteiger partial charge >= 0.3 is 0 Å². The minimum absolute atomic E-state index is 0.293. The molecule has 1 fully saturated rings. The third-order valence-electron chi connectivity index (χ3n) is 3.48. The minimum Gasteiger partial charge on any atom is -0.396 e. The van der Waals surface area contributed by atoms with E-state index in [0.717, 1.165) is 12.8 Å². The molecule has 0 aromatic carbocycles. The Labute approximate surface area is 91.1 Å². The Morgan fingerprint density at radius 2 is 2.33 bits per heavy atom. The van der Waals surface area contributed by atoms with Crippen LogP contribution in [0.1, 0.15) is 50.6 Å². The lowest BCUT2D eigenvalue weighted by Gasteiger charge is -2.17. The Hall–Kier alpha value is -0.830. The van der Waals surface area contributed by atoms with Crippen LogP contribution in [0.4, 0.5) is 0 Å². The van der Waals surface area contributed by atoms with Crippen LogP contribution in [-0.4, -0.2) is 21.5 Å². The first-order chi connectivity index (χ1) is 7.22. The number of aliphatic hydroxyl groups excluding tert-OH is 1. The van der Waals surface area contributed by atoms with Gasteiger partial charge in [-0.3, -0.25) is 4.68 Å². The number of nitrogens with zero attached hydrogens (tertiary/aromatic N) is 2. The van der Waals surface area contributed by atoms with Gasteiger partial charge in [0.2, 0.25) is 0 Å². The maximum atomic E-state index is 9.27. The van der Waals surface area contributed by atoms with Crippen LogP contribution >= 0.6 is 0 Å². The van der Waals surface area contributed by atoms with Crippen molar-refractivity contribution < 1.29 is 5.11 Å². The molecule has 84 valence electrons. The largest absolute Gasteiger partial charge is 0.396 e. The normalized spacial score (nSPS) is 26.4. The van der Waals surface area contributed by atoms with Gasteiger partial charge in [-0.2, -0.15) is 5.10 Å². The van der Waals surface area contributed by atoms with Crippen LogP contribution in [0.15, 0.2) is 12.4 Å². The Kier molecular flexibility index (Phi) is 3.10. The van der Waals surface area contributed by atoms with Gasteiger partial charge in [0.15, 0.2) is 0 Å². The topological polar surface area (TPSA) is 38.0 Å². The predicted octanol–water partition coefficient (Wildman–Crippen LogP) is 2.34. The van der Waals surface area contributed by atoms with Crippen LogP contribution in [0, 0.1) is 5.92 Å². The van der Waals surface area contributed by atoms with Gasteiger partial charge in [0, 0.05) is 18.7 Å². The second kappa shape index (κ2) is 4.35. The van der Waals surface area contributed by atoms with Crippen molar-refractivity contribution in [1.82, 2.24) is 9.78 Å². The maximum absolute atomic E-state index is 9.27. The van der Waals surface area contributed by atoms with Crippen LogP contribution in [0.2, 0.25) is 0 Å². The first-order valence-electron chi connectivity index (χ1n) is 5.87. The molecule has 0 saturated heterocycles. The fourth-order valence-corrected chi connectivity index (χ4v) is 2.41. The molecule has 2 rings (SSSR count). The van der Waals surface area contributed by atoms with Crippen molar-refractivity contribution in [2.24, 2.45) is 5.92 Å². The summed E-state index contributed by atoms with van der Waals surface area (Å²) >= 11 is 0. The van der Waals surface area contributed by atoms with Gasteiger partial charge in [-0.25, -0.2) is 0 Å². The molecule has 1 saturated carbocycles. The van der Waals surface area contributed by atoms with Crippen molar-refractivity contribution >= 4 is 0 Å². The first kappa shape index (κ1) is 10.7. The second-order valence-electron chi connectivity index (χ2n) is 4.85. The van der Waals surface area contributed by atoms with Gasteiger partial charge in [-0.1, -0.05) is 20.3 Å². The molecule has 0 aliphatic heterocycles. The third kappa shape index (κ3) is 2.07. The van der Waals surface area contributed by atoms with E-state index in [4.69, 9.17) is 0 Å². The molecule has 1 aliphatic carbocycles. The first-order valence-corrected chi connectivity index (χ1v) is 5.87. The van der Waals surface area contributed by atoms with Crippen molar-refractivity contribution in [3.05, 3.63) is 18.0 Å². The lowest BCUT2D eigenvalue weighted by atomic mass is 10.1. The molecule has 0 amide bonds. The summed E-state index contributed by atoms with van der Waals surface area (Å²) in [5, 5.41) is 13.7. The van der Waals surface area contributed by atoms with E-state index < -0.39 is 0 Å². The van der Waals surface area contributed by atoms with Crippen LogP contribution < -0.4 is 0 Å². The van der Waals surface area contributed by atoms with Crippen molar-refractivity contribution in [2.45, 2.75) is 45.1 Å². The highest BCUT2D eigenvalue weighted by atomic mass is 16.3. The molecule has 2 unspecified atom stereocenters. The van der Waals surface area contributed by atoms with Crippen molar-refractivity contribution in [2.75, 3.05) is 6.61 Å². The number of hydrogen-bond acceptors (Lipinski definition) is 2. The van der Waals surface area contributed by atoms with Crippen molar-refractivity contribution in [3.63, 3.8) is 0 Å². The van der Waals surface area contributed by atoms with Crippen LogP contribution in [0.5, 0.6) is 0 Å². The quantitative estimate of drug-likeness (QED) is 0.828. The molecule has 1 heterocycles. The summed E-state index contributed by atoms with van der Waals surface area (Å²) in [4.78, 5) is 0. The van der Waals surface area contributed by atoms with E-state index in [2.05, 4.69) is 29.8 Å². The molecule has 15 heavy (non-hydrogen) atoms. The highest BCUT2D eigenvalue weighted by Crippen LogP contribution is 2.35. The summed E-state index contributed by atoms with van der Waals surface area (Å²) in [6, 6.07) is 0.419. The zero-order chi connectivity index (χ0) is 10.8. The third-order valence-corrected chi connectivity index (χ3v) is 3.48. The zero-order valence-electron chi connectivity index (χ0n) is 9.56. The Balaban J connectivity index is 2.14. The SMILES string of the molecule is CC(C)c1cnn(C2CCCC2CO)c1. The predicted molar refractivity (Wildman–Crippen MR) is 59.8 cm³/mol. The van der Waals surface area contributed by atoms with Gasteiger partial charge in [0.25, 0.3) is 0 Å². The smallest absolute Gasteiger partial charge is 0.0569 e. The summed E-state index contributed by atoms with van der Waals surface area (Å²) in [6.45, 7) is 4.65. The summed E-state index contributed by atoms with van der Waals surface area (Å²) in [5.41, 5.74) is 1.29. The molecular weight excluding hydrogens is 188 g/mol. The molecule has 1 aliphatic rings. The monoisotopic (exact) mass is 208 g/mol. The summed E-state index contributed by atoms with van der Waals surface area (Å²) in [7, 11) is 0. The summed E-state index contributed by atoms with van der Waals surface area (Å²) in [6.07, 6.45) is 7.61. The van der Waals surface area contributed by atoms with Gasteiger partial charge in [-0.15, -0.1) is 0 Å². The average molecular weight is 208 g/mol. The Morgan fingerprint density at radius 3 is 2.93 bits per heavy atom. The van der Waals surface area contributed by atoms with E-state index in [0.29, 0.717) is 24.5 Å². The number of hydrogen-bond donors (Lipinski definition) is 1. The Morgan fingerprint density at radius 1 is 1.53 bits per heavy atom. The lowest BCUT2D eigenvalue weighted by molar-refractivity contribution is 0.190. The minimum atomic E-state index is 0.293. The van der Waals surface area contributed by atoms with Crippen molar-refractivity contribution in [3.8, 4) is 0 Å². The van der Waals surface area contributed by atoms with Crippen molar-refractivity contribution in [1.29, 1.82) is 0 Å². The van der Waals surface area contributed by atoms with E-state index in [9.17, 15) is 5.11 Å². The van der Waals surface area contributed by atoms with E-state index in [1.54, 1.807) is 0 Å². The van der Waals surface area contributed by atoms with Crippen LogP contribution in [0.3, 0.4) is 0 Å². The van der Waals surface area contributed by atoms with E-state index in [1.165, 1.54) is 12.0 Å². The van der Waals surface area contributed by atoms with E-state index in [1.807, 2.05) is 6.20 Å². The Bertz CT molecular complexity index is 319. The summed E-state index contributed by atoms with van der Waals surface area (Å²) < 4.78 is 2.06. The lowest BCUT2D eigenvalue weighted by Crippen LogP contribution is -2.17. The average Bonchev–Trinajstić information content (AvgIpc) is 2.85. The number of aromatic nitrogens is 2. The standard InChI is InChI=1S/C12H20N2O/c1-9(2)11-6-13-14(7-11)12-5-3-4-10(12)8-15/h6-7,9-10,12,15H,3-5,8H2,1-2H3. The molecular formula is C12H20N2O. The highest BCUT2D eigenvalue weighted by molar-refractivity contribution is 5.09. The molecule has 0 bridgehead atoms. The van der Waals surface area contributed by atoms with Gasteiger partial charge in [0.05, 0.1) is 12.2 Å². The van der Waals surface area contributed by atoms with Gasteiger partial charge in [-0.05, 0) is 24.3 Å². The molecule has 3 heteroatoms. The number of aliphatic hydroxyl groups is 1. The van der Waals surface area contributed by atoms with Gasteiger partial charge in [0.1, 0.15) is 0 Å².